The third kappa shape index (κ3) is 5.20. The van der Waals surface area contributed by atoms with Crippen molar-refractivity contribution in [2.24, 2.45) is 7.05 Å². The average Bonchev–Trinajstić information content (AvgIpc) is 2.95. The Morgan fingerprint density at radius 2 is 1.96 bits per heavy atom. The van der Waals surface area contributed by atoms with E-state index >= 15 is 0 Å². The van der Waals surface area contributed by atoms with Gasteiger partial charge in [0.15, 0.2) is 0 Å². The quantitative estimate of drug-likeness (QED) is 0.856. The molecule has 0 aliphatic rings. The summed E-state index contributed by atoms with van der Waals surface area (Å²) in [5, 5.41) is 17.1. The molecule has 0 spiro atoms. The van der Waals surface area contributed by atoms with Crippen molar-refractivity contribution in [2.45, 2.75) is 45.1 Å². The maximum atomic E-state index is 11.9. The fraction of sp³-hybridized carbons (Fsp3) is 0.474. The fourth-order valence-electron chi connectivity index (χ4n) is 2.48. The van der Waals surface area contributed by atoms with Crippen LogP contribution in [0.15, 0.2) is 36.7 Å². The van der Waals surface area contributed by atoms with Crippen molar-refractivity contribution in [3.63, 3.8) is 0 Å². The summed E-state index contributed by atoms with van der Waals surface area (Å²) in [6.07, 6.45) is 4.01. The smallest absolute Gasteiger partial charge is 0.220 e. The van der Waals surface area contributed by atoms with Crippen LogP contribution in [0, 0.1) is 0 Å². The van der Waals surface area contributed by atoms with Crippen LogP contribution in [0.4, 0.5) is 0 Å². The number of aliphatic hydroxyl groups excluding tert-OH is 1. The molecule has 0 aliphatic carbocycles. The zero-order valence-electron chi connectivity index (χ0n) is 14.9. The van der Waals surface area contributed by atoms with E-state index < -0.39 is 6.10 Å². The Bertz CT molecular complexity index is 669. The molecule has 130 valence electrons. The van der Waals surface area contributed by atoms with Crippen LogP contribution in [0.3, 0.4) is 0 Å². The molecule has 1 aromatic heterocycles. The van der Waals surface area contributed by atoms with Crippen molar-refractivity contribution in [3.05, 3.63) is 53.3 Å². The van der Waals surface area contributed by atoms with Crippen LogP contribution < -0.4 is 5.32 Å². The first-order valence-electron chi connectivity index (χ1n) is 8.28. The Morgan fingerprint density at radius 1 is 1.29 bits per heavy atom. The second kappa shape index (κ2) is 7.62. The molecular formula is C19H27N3O2. The standard InChI is InChI=1S/C19H27N3O2/c1-19(2,3)16-8-6-15(7-9-16)17(23)12-20-18(24)10-5-14-11-21-22(4)13-14/h6-9,11,13,17,23H,5,10,12H2,1-4H3,(H,20,24). The highest BCUT2D eigenvalue weighted by atomic mass is 16.3. The molecule has 0 saturated carbocycles. The van der Waals surface area contributed by atoms with Gasteiger partial charge in [0.1, 0.15) is 0 Å². The Kier molecular flexibility index (Phi) is 5.78. The predicted octanol–water partition coefficient (Wildman–Crippen LogP) is 2.50. The minimum Gasteiger partial charge on any atom is -0.387 e. The molecule has 0 radical (unpaired) electrons. The Morgan fingerprint density at radius 3 is 2.50 bits per heavy atom. The molecule has 1 heterocycles. The summed E-state index contributed by atoms with van der Waals surface area (Å²) < 4.78 is 1.72. The first-order chi connectivity index (χ1) is 11.3. The molecule has 24 heavy (non-hydrogen) atoms. The average molecular weight is 329 g/mol. The molecule has 1 atom stereocenters. The van der Waals surface area contributed by atoms with E-state index in [2.05, 4.69) is 31.2 Å². The molecule has 2 N–H and O–H groups in total. The first kappa shape index (κ1) is 18.2. The molecular weight excluding hydrogens is 302 g/mol. The summed E-state index contributed by atoms with van der Waals surface area (Å²) in [4.78, 5) is 11.9. The normalized spacial score (nSPS) is 12.9. The second-order valence-electron chi connectivity index (χ2n) is 7.21. The second-order valence-corrected chi connectivity index (χ2v) is 7.21. The summed E-state index contributed by atoms with van der Waals surface area (Å²) >= 11 is 0. The fourth-order valence-corrected chi connectivity index (χ4v) is 2.48. The molecule has 0 saturated heterocycles. The largest absolute Gasteiger partial charge is 0.387 e. The van der Waals surface area contributed by atoms with E-state index in [0.717, 1.165) is 11.1 Å². The minimum absolute atomic E-state index is 0.0655. The Labute approximate surface area is 143 Å². The zero-order valence-corrected chi connectivity index (χ0v) is 14.9. The van der Waals surface area contributed by atoms with Crippen LogP contribution in [0.5, 0.6) is 0 Å². The van der Waals surface area contributed by atoms with Crippen molar-refractivity contribution in [1.82, 2.24) is 15.1 Å². The van der Waals surface area contributed by atoms with Crippen molar-refractivity contribution < 1.29 is 9.90 Å². The SMILES string of the molecule is Cn1cc(CCC(=O)NCC(O)c2ccc(C(C)(C)C)cc2)cn1. The summed E-state index contributed by atoms with van der Waals surface area (Å²) in [7, 11) is 1.85. The number of aryl methyl sites for hydroxylation is 2. The highest BCUT2D eigenvalue weighted by Crippen LogP contribution is 2.23. The monoisotopic (exact) mass is 329 g/mol. The van der Waals surface area contributed by atoms with Crippen LogP contribution >= 0.6 is 0 Å². The predicted molar refractivity (Wildman–Crippen MR) is 94.6 cm³/mol. The lowest BCUT2D eigenvalue weighted by molar-refractivity contribution is -0.121. The van der Waals surface area contributed by atoms with E-state index in [1.807, 2.05) is 37.5 Å². The lowest BCUT2D eigenvalue weighted by Gasteiger charge is -2.20. The van der Waals surface area contributed by atoms with Crippen LogP contribution in [-0.2, 0) is 23.7 Å². The highest BCUT2D eigenvalue weighted by molar-refractivity contribution is 5.76. The lowest BCUT2D eigenvalue weighted by Crippen LogP contribution is -2.28. The van der Waals surface area contributed by atoms with Gasteiger partial charge in [-0.2, -0.15) is 5.10 Å². The maximum Gasteiger partial charge on any atom is 0.220 e. The van der Waals surface area contributed by atoms with Crippen LogP contribution in [0.25, 0.3) is 0 Å². The summed E-state index contributed by atoms with van der Waals surface area (Å²) in [6.45, 7) is 6.68. The van der Waals surface area contributed by atoms with Crippen LogP contribution in [0.2, 0.25) is 0 Å². The molecule has 0 fully saturated rings. The van der Waals surface area contributed by atoms with Gasteiger partial charge < -0.3 is 10.4 Å². The van der Waals surface area contributed by atoms with E-state index in [-0.39, 0.29) is 17.9 Å². The zero-order chi connectivity index (χ0) is 17.7. The topological polar surface area (TPSA) is 67.2 Å². The number of hydrogen-bond donors (Lipinski definition) is 2. The molecule has 1 aromatic carbocycles. The third-order valence-electron chi connectivity index (χ3n) is 4.05. The summed E-state index contributed by atoms with van der Waals surface area (Å²) in [5.74, 6) is -0.0655. The first-order valence-corrected chi connectivity index (χ1v) is 8.28. The van der Waals surface area contributed by atoms with Crippen molar-refractivity contribution in [3.8, 4) is 0 Å². The maximum absolute atomic E-state index is 11.9. The number of nitrogens with one attached hydrogen (secondary N) is 1. The minimum atomic E-state index is -0.693. The van der Waals surface area contributed by atoms with Gasteiger partial charge in [0, 0.05) is 26.2 Å². The molecule has 1 unspecified atom stereocenters. The van der Waals surface area contributed by atoms with Gasteiger partial charge in [-0.3, -0.25) is 9.48 Å². The molecule has 0 aliphatic heterocycles. The number of benzene rings is 1. The number of aromatic nitrogens is 2. The van der Waals surface area contributed by atoms with E-state index in [4.69, 9.17) is 0 Å². The van der Waals surface area contributed by atoms with Crippen molar-refractivity contribution >= 4 is 5.91 Å². The van der Waals surface area contributed by atoms with Crippen LogP contribution in [0.1, 0.15) is 50.0 Å². The third-order valence-corrected chi connectivity index (χ3v) is 4.05. The molecule has 1 amide bonds. The van der Waals surface area contributed by atoms with Gasteiger partial charge in [0.2, 0.25) is 5.91 Å². The van der Waals surface area contributed by atoms with Gasteiger partial charge in [-0.1, -0.05) is 45.0 Å². The number of carbonyl (C=O) groups is 1. The highest BCUT2D eigenvalue weighted by Gasteiger charge is 2.15. The Balaban J connectivity index is 1.79. The molecule has 5 nitrogen and oxygen atoms in total. The molecule has 2 aromatic rings. The van der Waals surface area contributed by atoms with E-state index in [0.29, 0.717) is 12.8 Å². The number of nitrogens with zero attached hydrogens (tertiary/aromatic N) is 2. The van der Waals surface area contributed by atoms with Crippen molar-refractivity contribution in [1.29, 1.82) is 0 Å². The number of carbonyl (C=O) groups excluding carboxylic acids is 1. The summed E-state index contributed by atoms with van der Waals surface area (Å²) in [6, 6.07) is 7.91. The van der Waals surface area contributed by atoms with Gasteiger partial charge in [-0.05, 0) is 28.5 Å². The number of aliphatic hydroxyl groups is 1. The van der Waals surface area contributed by atoms with Crippen molar-refractivity contribution in [2.75, 3.05) is 6.54 Å². The van der Waals surface area contributed by atoms with E-state index in [9.17, 15) is 9.90 Å². The molecule has 0 bridgehead atoms. The number of rotatable bonds is 6. The number of amides is 1. The van der Waals surface area contributed by atoms with Gasteiger partial charge in [-0.15, -0.1) is 0 Å². The van der Waals surface area contributed by atoms with Gasteiger partial charge in [0.05, 0.1) is 12.3 Å². The molecule has 5 heteroatoms. The van der Waals surface area contributed by atoms with Gasteiger partial charge in [0.25, 0.3) is 0 Å². The van der Waals surface area contributed by atoms with Gasteiger partial charge in [-0.25, -0.2) is 0 Å². The summed E-state index contributed by atoms with van der Waals surface area (Å²) in [5.41, 5.74) is 3.16. The van der Waals surface area contributed by atoms with Gasteiger partial charge >= 0.3 is 0 Å². The number of hydrogen-bond acceptors (Lipinski definition) is 3. The van der Waals surface area contributed by atoms with E-state index in [1.165, 1.54) is 5.56 Å². The van der Waals surface area contributed by atoms with Crippen LogP contribution in [-0.4, -0.2) is 27.3 Å². The molecule has 2 rings (SSSR count). The van der Waals surface area contributed by atoms with E-state index in [1.54, 1.807) is 10.9 Å². The lowest BCUT2D eigenvalue weighted by atomic mass is 9.86. The Hall–Kier alpha value is -2.14.